The lowest BCUT2D eigenvalue weighted by Crippen LogP contribution is -2.52. The molecule has 2 N–H and O–H groups in total. The van der Waals surface area contributed by atoms with Crippen molar-refractivity contribution in [1.29, 1.82) is 0 Å². The molecule has 37 heavy (non-hydrogen) atoms. The van der Waals surface area contributed by atoms with Gasteiger partial charge in [0.05, 0.1) is 39.9 Å². The molecule has 0 saturated heterocycles. The molecule has 194 valence electrons. The molecular weight excluding hydrogens is 484 g/mol. The Morgan fingerprint density at radius 2 is 1.51 bits per heavy atom. The number of carboxylic acid groups (broad SMARTS) is 1. The van der Waals surface area contributed by atoms with Gasteiger partial charge in [-0.05, 0) is 41.0 Å². The van der Waals surface area contributed by atoms with E-state index >= 15 is 0 Å². The fraction of sp³-hybridized carbons (Fsp3) is 0.259. The minimum absolute atomic E-state index is 0.00791. The number of hydrogen-bond acceptors (Lipinski definition) is 9. The summed E-state index contributed by atoms with van der Waals surface area (Å²) in [5.74, 6) is -5.93. The van der Waals surface area contributed by atoms with Crippen LogP contribution in [-0.4, -0.2) is 56.4 Å². The van der Waals surface area contributed by atoms with Crippen molar-refractivity contribution in [3.63, 3.8) is 0 Å². The zero-order valence-electron chi connectivity index (χ0n) is 20.6. The second kappa shape index (κ2) is 10.3. The van der Waals surface area contributed by atoms with Crippen LogP contribution < -0.4 is 23.7 Å². The van der Waals surface area contributed by atoms with Gasteiger partial charge in [-0.25, -0.2) is 9.59 Å². The monoisotopic (exact) mass is 510 g/mol. The first-order valence-corrected chi connectivity index (χ1v) is 11.1. The third-order valence-electron chi connectivity index (χ3n) is 6.07. The van der Waals surface area contributed by atoms with Gasteiger partial charge in [-0.1, -0.05) is 30.3 Å². The molecule has 0 radical (unpaired) electrons. The highest BCUT2D eigenvalue weighted by atomic mass is 16.7. The quantitative estimate of drug-likeness (QED) is 0.413. The van der Waals surface area contributed by atoms with Gasteiger partial charge in [0.1, 0.15) is 6.61 Å². The first kappa shape index (κ1) is 25.6. The van der Waals surface area contributed by atoms with E-state index in [1.165, 1.54) is 52.7 Å². The third-order valence-corrected chi connectivity index (χ3v) is 6.07. The molecule has 2 unspecified atom stereocenters. The summed E-state index contributed by atoms with van der Waals surface area (Å²) in [6, 6.07) is 15.2. The number of aliphatic carboxylic acids is 1. The van der Waals surface area contributed by atoms with Crippen molar-refractivity contribution in [3.8, 4) is 28.7 Å². The Balaban J connectivity index is 1.89. The molecular formula is C27H26O10. The predicted octanol–water partition coefficient (Wildman–Crippen LogP) is 3.38. The Kier molecular flexibility index (Phi) is 7.12. The minimum Gasteiger partial charge on any atom is -0.493 e. The highest BCUT2D eigenvalue weighted by molar-refractivity contribution is 5.97. The van der Waals surface area contributed by atoms with Crippen molar-refractivity contribution in [3.05, 3.63) is 76.9 Å². The van der Waals surface area contributed by atoms with Gasteiger partial charge < -0.3 is 38.6 Å². The van der Waals surface area contributed by atoms with Crippen LogP contribution in [0.2, 0.25) is 0 Å². The fourth-order valence-electron chi connectivity index (χ4n) is 4.31. The lowest BCUT2D eigenvalue weighted by molar-refractivity contribution is -0.211. The Labute approximate surface area is 212 Å². The normalized spacial score (nSPS) is 18.3. The zero-order chi connectivity index (χ0) is 26.7. The first-order chi connectivity index (χ1) is 17.8. The molecule has 0 saturated carbocycles. The number of benzene rings is 3. The average molecular weight is 510 g/mol. The van der Waals surface area contributed by atoms with Gasteiger partial charge in [-0.2, -0.15) is 0 Å². The Morgan fingerprint density at radius 1 is 0.892 bits per heavy atom. The van der Waals surface area contributed by atoms with E-state index in [1.54, 1.807) is 0 Å². The van der Waals surface area contributed by atoms with E-state index in [1.807, 2.05) is 30.3 Å². The highest BCUT2D eigenvalue weighted by Gasteiger charge is 2.55. The van der Waals surface area contributed by atoms with Crippen LogP contribution in [0.5, 0.6) is 28.7 Å². The maximum Gasteiger partial charge on any atom is 0.378 e. The number of cyclic esters (lactones) is 1. The van der Waals surface area contributed by atoms with Crippen molar-refractivity contribution in [2.75, 3.05) is 28.4 Å². The first-order valence-electron chi connectivity index (χ1n) is 11.1. The second-order valence-corrected chi connectivity index (χ2v) is 8.15. The standard InChI is InChI=1S/C27H26O10/c1-32-19-12-17-18(13-20(19)36-14-15-8-6-5-7-9-15)25(28)37-27(31,26(29)30)23(17)16-10-21(33-2)24(35-4)22(11-16)34-3/h5-13,23,31H,14H2,1-4H3,(H,29,30). The summed E-state index contributed by atoms with van der Waals surface area (Å²) >= 11 is 0. The van der Waals surface area contributed by atoms with Crippen LogP contribution in [0.25, 0.3) is 0 Å². The number of fused-ring (bicyclic) bond motifs is 1. The Morgan fingerprint density at radius 3 is 2.05 bits per heavy atom. The molecule has 0 fully saturated rings. The number of methoxy groups -OCH3 is 4. The van der Waals surface area contributed by atoms with Crippen LogP contribution in [0.15, 0.2) is 54.6 Å². The van der Waals surface area contributed by atoms with Crippen LogP contribution in [-0.2, 0) is 16.1 Å². The van der Waals surface area contributed by atoms with Crippen molar-refractivity contribution < 1.29 is 48.2 Å². The SMILES string of the molecule is COc1cc2c(cc1OCc1ccccc1)C(=O)OC(O)(C(=O)O)C2c1cc(OC)c(OC)c(OC)c1. The molecule has 0 bridgehead atoms. The molecule has 10 nitrogen and oxygen atoms in total. The number of hydrogen-bond donors (Lipinski definition) is 2. The number of carbonyl (C=O) groups is 2. The predicted molar refractivity (Wildman–Crippen MR) is 130 cm³/mol. The molecule has 0 spiro atoms. The largest absolute Gasteiger partial charge is 0.493 e. The summed E-state index contributed by atoms with van der Waals surface area (Å²) in [7, 11) is 5.64. The molecule has 1 aliphatic heterocycles. The highest BCUT2D eigenvalue weighted by Crippen LogP contribution is 2.49. The van der Waals surface area contributed by atoms with E-state index in [4.69, 9.17) is 28.4 Å². The number of rotatable bonds is 9. The number of carboxylic acids is 1. The van der Waals surface area contributed by atoms with Gasteiger partial charge >= 0.3 is 17.7 Å². The maximum absolute atomic E-state index is 12.9. The second-order valence-electron chi connectivity index (χ2n) is 8.15. The summed E-state index contributed by atoms with van der Waals surface area (Å²) in [5, 5.41) is 21.1. The summed E-state index contributed by atoms with van der Waals surface area (Å²) in [4.78, 5) is 25.2. The van der Waals surface area contributed by atoms with Crippen LogP contribution >= 0.6 is 0 Å². The molecule has 4 rings (SSSR count). The molecule has 0 amide bonds. The van der Waals surface area contributed by atoms with E-state index in [2.05, 4.69) is 0 Å². The number of carbonyl (C=O) groups excluding carboxylic acids is 1. The van der Waals surface area contributed by atoms with E-state index < -0.39 is 23.6 Å². The zero-order valence-corrected chi connectivity index (χ0v) is 20.6. The lowest BCUT2D eigenvalue weighted by Gasteiger charge is -2.37. The van der Waals surface area contributed by atoms with Crippen LogP contribution in [0.4, 0.5) is 0 Å². The number of esters is 1. The van der Waals surface area contributed by atoms with E-state index in [9.17, 15) is 19.8 Å². The summed E-state index contributed by atoms with van der Waals surface area (Å²) in [5.41, 5.74) is 1.28. The molecule has 10 heteroatoms. The van der Waals surface area contributed by atoms with Crippen LogP contribution in [0.3, 0.4) is 0 Å². The summed E-state index contributed by atoms with van der Waals surface area (Å²) in [6.07, 6.45) is 0. The fourth-order valence-corrected chi connectivity index (χ4v) is 4.31. The van der Waals surface area contributed by atoms with E-state index in [0.29, 0.717) is 0 Å². The van der Waals surface area contributed by atoms with Gasteiger partial charge in [0.2, 0.25) is 5.75 Å². The van der Waals surface area contributed by atoms with Crippen molar-refractivity contribution in [2.24, 2.45) is 0 Å². The van der Waals surface area contributed by atoms with Gasteiger partial charge in [-0.3, -0.25) is 0 Å². The molecule has 3 aromatic carbocycles. The van der Waals surface area contributed by atoms with E-state index in [-0.39, 0.29) is 52.0 Å². The molecule has 0 aromatic heterocycles. The topological polar surface area (TPSA) is 130 Å². The van der Waals surface area contributed by atoms with Gasteiger partial charge in [0.25, 0.3) is 0 Å². The smallest absolute Gasteiger partial charge is 0.378 e. The number of ether oxygens (including phenoxy) is 6. The summed E-state index contributed by atoms with van der Waals surface area (Å²) in [6.45, 7) is 0.195. The third kappa shape index (κ3) is 4.58. The van der Waals surface area contributed by atoms with E-state index in [0.717, 1.165) is 5.56 Å². The molecule has 1 aliphatic rings. The molecule has 0 aliphatic carbocycles. The molecule has 1 heterocycles. The van der Waals surface area contributed by atoms with Crippen molar-refractivity contribution >= 4 is 11.9 Å². The van der Waals surface area contributed by atoms with Gasteiger partial charge in [0, 0.05) is 0 Å². The van der Waals surface area contributed by atoms with Crippen LogP contribution in [0.1, 0.15) is 33.0 Å². The average Bonchev–Trinajstić information content (AvgIpc) is 2.91. The Hall–Kier alpha value is -4.44. The molecule has 2 atom stereocenters. The lowest BCUT2D eigenvalue weighted by atomic mass is 9.79. The van der Waals surface area contributed by atoms with Gasteiger partial charge in [0.15, 0.2) is 23.0 Å². The molecule has 3 aromatic rings. The van der Waals surface area contributed by atoms with Crippen LogP contribution in [0, 0.1) is 0 Å². The Bertz CT molecular complexity index is 1300. The van der Waals surface area contributed by atoms with Crippen molar-refractivity contribution in [1.82, 2.24) is 0 Å². The van der Waals surface area contributed by atoms with Gasteiger partial charge in [-0.15, -0.1) is 0 Å². The summed E-state index contributed by atoms with van der Waals surface area (Å²) < 4.78 is 32.7. The number of aliphatic hydroxyl groups is 1. The minimum atomic E-state index is -2.94. The maximum atomic E-state index is 12.9. The van der Waals surface area contributed by atoms with Crippen molar-refractivity contribution in [2.45, 2.75) is 18.3 Å².